The van der Waals surface area contributed by atoms with Gasteiger partial charge in [-0.1, -0.05) is 11.3 Å². The van der Waals surface area contributed by atoms with Crippen LogP contribution in [0.25, 0.3) is 10.4 Å². The molecule has 2 aliphatic rings. The molecule has 0 radical (unpaired) electrons. The van der Waals surface area contributed by atoms with E-state index in [0.29, 0.717) is 12.4 Å². The molecule has 1 fully saturated rings. The van der Waals surface area contributed by atoms with E-state index in [-0.39, 0.29) is 11.9 Å². The zero-order valence-electron chi connectivity index (χ0n) is 18.3. The normalized spacial score (nSPS) is 16.1. The van der Waals surface area contributed by atoms with Gasteiger partial charge >= 0.3 is 0 Å². The van der Waals surface area contributed by atoms with E-state index in [1.807, 2.05) is 18.3 Å². The summed E-state index contributed by atoms with van der Waals surface area (Å²) in [7, 11) is 0. The van der Waals surface area contributed by atoms with E-state index in [9.17, 15) is 4.39 Å². The number of aromatic nitrogens is 2. The Labute approximate surface area is 191 Å². The van der Waals surface area contributed by atoms with Crippen LogP contribution in [0.3, 0.4) is 0 Å². The summed E-state index contributed by atoms with van der Waals surface area (Å²) < 4.78 is 20.4. The maximum Gasteiger partial charge on any atom is 0.188 e. The number of halogens is 1. The van der Waals surface area contributed by atoms with Crippen LogP contribution in [-0.4, -0.2) is 55.3 Å². The van der Waals surface area contributed by atoms with Gasteiger partial charge in [-0.05, 0) is 43.7 Å². The van der Waals surface area contributed by atoms with Gasteiger partial charge in [-0.2, -0.15) is 0 Å². The number of hydrogen-bond donors (Lipinski definition) is 2. The summed E-state index contributed by atoms with van der Waals surface area (Å²) in [4.78, 5) is 14.4. The van der Waals surface area contributed by atoms with Crippen molar-refractivity contribution in [3.8, 4) is 16.2 Å². The number of anilines is 4. The van der Waals surface area contributed by atoms with E-state index in [1.165, 1.54) is 17.4 Å². The Morgan fingerprint density at radius 2 is 1.97 bits per heavy atom. The molecular weight excluding hydrogens is 427 g/mol. The Bertz CT molecular complexity index is 1080. The lowest BCUT2D eigenvalue weighted by Crippen LogP contribution is -2.43. The SMILES string of the molecule is CC(C)N1CCOc2c(F)cc(-c3cnc(Nc4ccc(N5CCNCC5)cn4)s3)cc21. The standard InChI is InChI=1S/C23H27FN6OS/c1-15(2)30-9-10-31-22-18(24)11-16(12-19(22)30)20-14-27-23(32-20)28-21-4-3-17(13-26-21)29-7-5-25-6-8-29/h3-4,11-15,25H,5-10H2,1-2H3,(H,26,27,28). The fraction of sp³-hybridized carbons (Fsp3) is 0.391. The lowest BCUT2D eigenvalue weighted by molar-refractivity contribution is 0.287. The summed E-state index contributed by atoms with van der Waals surface area (Å²) in [6.45, 7) is 9.42. The first-order valence-electron chi connectivity index (χ1n) is 11.0. The molecule has 4 heterocycles. The van der Waals surface area contributed by atoms with E-state index in [0.717, 1.165) is 65.5 Å². The number of hydrogen-bond acceptors (Lipinski definition) is 8. The maximum absolute atomic E-state index is 14.8. The summed E-state index contributed by atoms with van der Waals surface area (Å²) in [6, 6.07) is 7.83. The number of ether oxygens (including phenoxy) is 1. The van der Waals surface area contributed by atoms with Crippen molar-refractivity contribution in [2.24, 2.45) is 0 Å². The first-order chi connectivity index (χ1) is 15.6. The van der Waals surface area contributed by atoms with Crippen LogP contribution in [0.5, 0.6) is 5.75 Å². The molecule has 1 aromatic carbocycles. The predicted molar refractivity (Wildman–Crippen MR) is 128 cm³/mol. The minimum absolute atomic E-state index is 0.265. The Morgan fingerprint density at radius 3 is 2.72 bits per heavy atom. The molecule has 5 rings (SSSR count). The molecule has 0 atom stereocenters. The molecule has 0 amide bonds. The third-order valence-electron chi connectivity index (χ3n) is 5.79. The summed E-state index contributed by atoms with van der Waals surface area (Å²) in [6.07, 6.45) is 3.66. The summed E-state index contributed by atoms with van der Waals surface area (Å²) in [5, 5.41) is 7.34. The highest BCUT2D eigenvalue weighted by Crippen LogP contribution is 2.41. The minimum atomic E-state index is -0.337. The van der Waals surface area contributed by atoms with E-state index in [1.54, 1.807) is 6.20 Å². The van der Waals surface area contributed by atoms with Crippen LogP contribution in [0, 0.1) is 5.82 Å². The molecule has 0 unspecified atom stereocenters. The largest absolute Gasteiger partial charge is 0.486 e. The van der Waals surface area contributed by atoms with Crippen molar-refractivity contribution in [2.75, 3.05) is 54.4 Å². The fourth-order valence-corrected chi connectivity index (χ4v) is 4.94. The molecule has 2 aliphatic heterocycles. The Hall–Kier alpha value is -2.91. The Morgan fingerprint density at radius 1 is 1.12 bits per heavy atom. The van der Waals surface area contributed by atoms with Gasteiger partial charge in [0.2, 0.25) is 0 Å². The molecule has 168 valence electrons. The first-order valence-corrected chi connectivity index (χ1v) is 11.8. The summed E-state index contributed by atoms with van der Waals surface area (Å²) in [5.74, 6) is 0.738. The summed E-state index contributed by atoms with van der Waals surface area (Å²) in [5.41, 5.74) is 2.72. The number of piperazine rings is 1. The smallest absolute Gasteiger partial charge is 0.188 e. The van der Waals surface area contributed by atoms with Crippen molar-refractivity contribution in [3.63, 3.8) is 0 Å². The van der Waals surface area contributed by atoms with Gasteiger partial charge in [0, 0.05) is 38.4 Å². The van der Waals surface area contributed by atoms with E-state index in [4.69, 9.17) is 4.74 Å². The highest BCUT2D eigenvalue weighted by molar-refractivity contribution is 7.18. The van der Waals surface area contributed by atoms with Gasteiger partial charge in [-0.3, -0.25) is 0 Å². The molecular formula is C23H27FN6OS. The van der Waals surface area contributed by atoms with Crippen LogP contribution in [0.1, 0.15) is 13.8 Å². The molecule has 1 saturated heterocycles. The Kier molecular flexibility index (Phi) is 5.84. The van der Waals surface area contributed by atoms with Gasteiger partial charge < -0.3 is 25.2 Å². The van der Waals surface area contributed by atoms with Crippen molar-refractivity contribution in [1.82, 2.24) is 15.3 Å². The molecule has 7 nitrogen and oxygen atoms in total. The van der Waals surface area contributed by atoms with Gasteiger partial charge in [0.05, 0.1) is 29.0 Å². The molecule has 0 bridgehead atoms. The molecule has 9 heteroatoms. The lowest BCUT2D eigenvalue weighted by atomic mass is 10.1. The topological polar surface area (TPSA) is 65.6 Å². The third-order valence-corrected chi connectivity index (χ3v) is 6.75. The monoisotopic (exact) mass is 454 g/mol. The third kappa shape index (κ3) is 4.22. The number of benzene rings is 1. The van der Waals surface area contributed by atoms with Crippen molar-refractivity contribution in [3.05, 3.63) is 42.5 Å². The van der Waals surface area contributed by atoms with Crippen LogP contribution in [0.2, 0.25) is 0 Å². The number of pyridine rings is 1. The van der Waals surface area contributed by atoms with Crippen LogP contribution in [0.15, 0.2) is 36.7 Å². The predicted octanol–water partition coefficient (Wildman–Crippen LogP) is 4.10. The van der Waals surface area contributed by atoms with Gasteiger partial charge in [-0.15, -0.1) is 0 Å². The second kappa shape index (κ2) is 8.91. The zero-order chi connectivity index (χ0) is 22.1. The number of rotatable bonds is 5. The van der Waals surface area contributed by atoms with E-state index in [2.05, 4.69) is 50.3 Å². The van der Waals surface area contributed by atoms with Crippen LogP contribution in [-0.2, 0) is 0 Å². The molecule has 2 N–H and O–H groups in total. The molecule has 0 aliphatic carbocycles. The maximum atomic E-state index is 14.8. The molecule has 3 aromatic rings. The van der Waals surface area contributed by atoms with Crippen molar-refractivity contribution >= 4 is 33.7 Å². The van der Waals surface area contributed by atoms with Gasteiger partial charge in [0.15, 0.2) is 16.7 Å². The molecule has 2 aromatic heterocycles. The number of nitrogens with zero attached hydrogens (tertiary/aromatic N) is 4. The van der Waals surface area contributed by atoms with Crippen molar-refractivity contribution < 1.29 is 9.13 Å². The Balaban J connectivity index is 1.34. The zero-order valence-corrected chi connectivity index (χ0v) is 19.1. The van der Waals surface area contributed by atoms with Crippen LogP contribution < -0.4 is 25.2 Å². The molecule has 32 heavy (non-hydrogen) atoms. The van der Waals surface area contributed by atoms with Gasteiger partial charge in [0.1, 0.15) is 12.4 Å². The number of fused-ring (bicyclic) bond motifs is 1. The first kappa shape index (κ1) is 21.0. The second-order valence-corrected chi connectivity index (χ2v) is 9.27. The van der Waals surface area contributed by atoms with Gasteiger partial charge in [-0.25, -0.2) is 14.4 Å². The van der Waals surface area contributed by atoms with E-state index >= 15 is 0 Å². The van der Waals surface area contributed by atoms with Crippen molar-refractivity contribution in [2.45, 2.75) is 19.9 Å². The summed E-state index contributed by atoms with van der Waals surface area (Å²) >= 11 is 1.48. The average Bonchev–Trinajstić information content (AvgIpc) is 3.28. The molecule has 0 saturated carbocycles. The highest BCUT2D eigenvalue weighted by Gasteiger charge is 2.25. The average molecular weight is 455 g/mol. The van der Waals surface area contributed by atoms with Crippen LogP contribution in [0.4, 0.5) is 26.7 Å². The second-order valence-electron chi connectivity index (χ2n) is 8.24. The van der Waals surface area contributed by atoms with Gasteiger partial charge in [0.25, 0.3) is 0 Å². The number of thiazole rings is 1. The highest BCUT2D eigenvalue weighted by atomic mass is 32.1. The number of nitrogens with one attached hydrogen (secondary N) is 2. The fourth-order valence-electron chi connectivity index (χ4n) is 4.13. The van der Waals surface area contributed by atoms with E-state index < -0.39 is 0 Å². The quantitative estimate of drug-likeness (QED) is 0.602. The van der Waals surface area contributed by atoms with Crippen molar-refractivity contribution in [1.29, 1.82) is 0 Å². The van der Waals surface area contributed by atoms with Crippen LogP contribution >= 0.6 is 11.3 Å². The lowest BCUT2D eigenvalue weighted by Gasteiger charge is -2.34. The molecule has 0 spiro atoms. The minimum Gasteiger partial charge on any atom is -0.486 e.